The van der Waals surface area contributed by atoms with Gasteiger partial charge >= 0.3 is 0 Å². The Morgan fingerprint density at radius 2 is 1.83 bits per heavy atom. The Balaban J connectivity index is 1.77. The van der Waals surface area contributed by atoms with Crippen LogP contribution in [0.3, 0.4) is 0 Å². The molecule has 1 heterocycles. The molecule has 2 aromatic carbocycles. The summed E-state index contributed by atoms with van der Waals surface area (Å²) in [6.07, 6.45) is 0. The molecule has 0 aliphatic carbocycles. The van der Waals surface area contributed by atoms with Crippen molar-refractivity contribution in [2.45, 2.75) is 10.9 Å². The molecule has 8 heteroatoms. The third-order valence-electron chi connectivity index (χ3n) is 3.11. The highest BCUT2D eigenvalue weighted by molar-refractivity contribution is 7.98. The molecule has 0 fully saturated rings. The van der Waals surface area contributed by atoms with Gasteiger partial charge in [0.05, 0.1) is 10.6 Å². The number of nitro groups is 1. The van der Waals surface area contributed by atoms with Crippen LogP contribution < -0.4 is 5.73 Å². The minimum absolute atomic E-state index is 0.0791. The smallest absolute Gasteiger partial charge is 0.269 e. The van der Waals surface area contributed by atoms with Crippen molar-refractivity contribution in [2.75, 3.05) is 5.73 Å². The number of nitrogens with two attached hydrogens (primary N) is 1. The number of hydrogen-bond acceptors (Lipinski definition) is 6. The van der Waals surface area contributed by atoms with E-state index in [-0.39, 0.29) is 11.6 Å². The number of nitro benzene ring substituents is 1. The lowest BCUT2D eigenvalue weighted by molar-refractivity contribution is -0.384. The molecule has 0 aliphatic rings. The molecule has 0 aliphatic heterocycles. The third-order valence-corrected chi connectivity index (χ3v) is 4.11. The zero-order valence-electron chi connectivity index (χ0n) is 12.0. The molecule has 0 atom stereocenters. The highest BCUT2D eigenvalue weighted by Gasteiger charge is 2.11. The molecule has 0 spiro atoms. The fourth-order valence-corrected chi connectivity index (χ4v) is 2.92. The molecule has 7 nitrogen and oxygen atoms in total. The van der Waals surface area contributed by atoms with Gasteiger partial charge < -0.3 is 5.73 Å². The van der Waals surface area contributed by atoms with Gasteiger partial charge in [0.15, 0.2) is 5.16 Å². The van der Waals surface area contributed by atoms with Crippen LogP contribution in [0.2, 0.25) is 0 Å². The predicted octanol–water partition coefficient (Wildman–Crippen LogP) is 3.05. The van der Waals surface area contributed by atoms with Gasteiger partial charge in [-0.25, -0.2) is 4.68 Å². The molecule has 116 valence electrons. The minimum atomic E-state index is -0.413. The standard InChI is InChI=1S/C15H13N5O2S/c16-14-17-15(19(18-14)12-4-2-1-3-5-12)23-10-11-6-8-13(9-7-11)20(21)22/h1-9H,10H2,(H2,16,18). The SMILES string of the molecule is Nc1nc(SCc2ccc([N+](=O)[O-])cc2)n(-c2ccccc2)n1. The number of non-ortho nitro benzene ring substituents is 1. The lowest BCUT2D eigenvalue weighted by Gasteiger charge is -2.05. The van der Waals surface area contributed by atoms with Gasteiger partial charge in [0, 0.05) is 17.9 Å². The summed E-state index contributed by atoms with van der Waals surface area (Å²) < 4.78 is 1.69. The van der Waals surface area contributed by atoms with E-state index in [2.05, 4.69) is 10.1 Å². The van der Waals surface area contributed by atoms with E-state index in [0.717, 1.165) is 11.3 Å². The van der Waals surface area contributed by atoms with Crippen molar-refractivity contribution in [3.63, 3.8) is 0 Å². The quantitative estimate of drug-likeness (QED) is 0.439. The van der Waals surface area contributed by atoms with Gasteiger partial charge in [0.2, 0.25) is 5.95 Å². The first-order chi connectivity index (χ1) is 11.1. The maximum atomic E-state index is 10.7. The maximum Gasteiger partial charge on any atom is 0.269 e. The second kappa shape index (κ2) is 6.49. The summed E-state index contributed by atoms with van der Waals surface area (Å²) in [5.74, 6) is 0.822. The van der Waals surface area contributed by atoms with E-state index in [9.17, 15) is 10.1 Å². The van der Waals surface area contributed by atoms with Gasteiger partial charge in [-0.15, -0.1) is 5.10 Å². The Morgan fingerprint density at radius 3 is 2.48 bits per heavy atom. The van der Waals surface area contributed by atoms with Crippen LogP contribution in [-0.4, -0.2) is 19.7 Å². The molecule has 23 heavy (non-hydrogen) atoms. The van der Waals surface area contributed by atoms with E-state index < -0.39 is 4.92 Å². The predicted molar refractivity (Wildman–Crippen MR) is 88.4 cm³/mol. The average Bonchev–Trinajstić information content (AvgIpc) is 2.95. The Bertz CT molecular complexity index is 818. The van der Waals surface area contributed by atoms with E-state index in [1.165, 1.54) is 23.9 Å². The van der Waals surface area contributed by atoms with Crippen LogP contribution in [0.1, 0.15) is 5.56 Å². The van der Waals surface area contributed by atoms with Crippen molar-refractivity contribution < 1.29 is 4.92 Å². The van der Waals surface area contributed by atoms with Crippen LogP contribution in [0.25, 0.3) is 5.69 Å². The van der Waals surface area contributed by atoms with Gasteiger partial charge in [-0.05, 0) is 17.7 Å². The van der Waals surface area contributed by atoms with Crippen molar-refractivity contribution >= 4 is 23.4 Å². The number of nitrogens with zero attached hydrogens (tertiary/aromatic N) is 4. The van der Waals surface area contributed by atoms with Gasteiger partial charge in [-0.3, -0.25) is 10.1 Å². The second-order valence-electron chi connectivity index (χ2n) is 4.71. The molecule has 0 radical (unpaired) electrons. The fraction of sp³-hybridized carbons (Fsp3) is 0.0667. The molecular formula is C15H13N5O2S. The Labute approximate surface area is 136 Å². The zero-order chi connectivity index (χ0) is 16.2. The summed E-state index contributed by atoms with van der Waals surface area (Å²) in [6.45, 7) is 0. The number of nitrogen functional groups attached to an aromatic ring is 1. The number of thioether (sulfide) groups is 1. The average molecular weight is 327 g/mol. The molecule has 3 aromatic rings. The minimum Gasteiger partial charge on any atom is -0.366 e. The van der Waals surface area contributed by atoms with Crippen LogP contribution in [0.5, 0.6) is 0 Å². The van der Waals surface area contributed by atoms with Crippen LogP contribution in [0, 0.1) is 10.1 Å². The van der Waals surface area contributed by atoms with Crippen LogP contribution in [-0.2, 0) is 5.75 Å². The molecular weight excluding hydrogens is 314 g/mol. The first-order valence-electron chi connectivity index (χ1n) is 6.77. The number of hydrogen-bond donors (Lipinski definition) is 1. The largest absolute Gasteiger partial charge is 0.366 e. The van der Waals surface area contributed by atoms with Crippen LogP contribution in [0.4, 0.5) is 11.6 Å². The van der Waals surface area contributed by atoms with E-state index in [4.69, 9.17) is 5.73 Å². The zero-order valence-corrected chi connectivity index (χ0v) is 12.8. The van der Waals surface area contributed by atoms with E-state index in [0.29, 0.717) is 10.9 Å². The first kappa shape index (κ1) is 15.0. The fourth-order valence-electron chi connectivity index (χ4n) is 2.01. The summed E-state index contributed by atoms with van der Waals surface area (Å²) in [4.78, 5) is 14.5. The number of benzene rings is 2. The normalized spacial score (nSPS) is 10.6. The van der Waals surface area contributed by atoms with Gasteiger partial charge in [0.1, 0.15) is 0 Å². The summed E-state index contributed by atoms with van der Waals surface area (Å²) >= 11 is 1.47. The highest BCUT2D eigenvalue weighted by Crippen LogP contribution is 2.25. The van der Waals surface area contributed by atoms with Gasteiger partial charge in [-0.1, -0.05) is 42.1 Å². The van der Waals surface area contributed by atoms with E-state index in [1.54, 1.807) is 16.8 Å². The summed E-state index contributed by atoms with van der Waals surface area (Å²) in [7, 11) is 0. The van der Waals surface area contributed by atoms with Crippen LogP contribution in [0.15, 0.2) is 59.8 Å². The molecule has 0 bridgehead atoms. The maximum absolute atomic E-state index is 10.7. The lowest BCUT2D eigenvalue weighted by Crippen LogP contribution is -1.99. The molecule has 3 rings (SSSR count). The monoisotopic (exact) mass is 327 g/mol. The van der Waals surface area contributed by atoms with Crippen molar-refractivity contribution in [1.29, 1.82) is 0 Å². The lowest BCUT2D eigenvalue weighted by atomic mass is 10.2. The Hall–Kier alpha value is -2.87. The van der Waals surface area contributed by atoms with Crippen molar-refractivity contribution in [3.8, 4) is 5.69 Å². The van der Waals surface area contributed by atoms with Crippen molar-refractivity contribution in [3.05, 3.63) is 70.3 Å². The third kappa shape index (κ3) is 3.49. The van der Waals surface area contributed by atoms with E-state index in [1.807, 2.05) is 30.3 Å². The Morgan fingerprint density at radius 1 is 1.13 bits per heavy atom. The molecule has 2 N–H and O–H groups in total. The molecule has 0 saturated carbocycles. The molecule has 0 saturated heterocycles. The Kier molecular flexibility index (Phi) is 4.24. The topological polar surface area (TPSA) is 99.9 Å². The highest BCUT2D eigenvalue weighted by atomic mass is 32.2. The summed E-state index contributed by atoms with van der Waals surface area (Å²) in [5.41, 5.74) is 7.62. The van der Waals surface area contributed by atoms with Crippen molar-refractivity contribution in [1.82, 2.24) is 14.8 Å². The van der Waals surface area contributed by atoms with Gasteiger partial charge in [0.25, 0.3) is 5.69 Å². The molecule has 0 amide bonds. The van der Waals surface area contributed by atoms with Crippen molar-refractivity contribution in [2.24, 2.45) is 0 Å². The first-order valence-corrected chi connectivity index (χ1v) is 7.76. The number of para-hydroxylation sites is 1. The summed E-state index contributed by atoms with van der Waals surface area (Å²) in [5, 5.41) is 15.5. The van der Waals surface area contributed by atoms with Crippen LogP contribution >= 0.6 is 11.8 Å². The molecule has 1 aromatic heterocycles. The number of rotatable bonds is 5. The number of anilines is 1. The molecule has 0 unspecified atom stereocenters. The summed E-state index contributed by atoms with van der Waals surface area (Å²) in [6, 6.07) is 16.0. The van der Waals surface area contributed by atoms with E-state index >= 15 is 0 Å². The second-order valence-corrected chi connectivity index (χ2v) is 5.65. The number of aromatic nitrogens is 3. The van der Waals surface area contributed by atoms with Gasteiger partial charge in [-0.2, -0.15) is 4.98 Å².